The molecule has 0 aromatic heterocycles. The number of ether oxygens (including phenoxy) is 1. The van der Waals surface area contributed by atoms with Crippen LogP contribution in [-0.2, 0) is 9.53 Å². The van der Waals surface area contributed by atoms with Crippen LogP contribution < -0.4 is 4.90 Å². The number of anilines is 1. The molecule has 26 heavy (non-hydrogen) atoms. The first-order valence-electron chi connectivity index (χ1n) is 7.85. The molecule has 5 nitrogen and oxygen atoms in total. The van der Waals surface area contributed by atoms with Gasteiger partial charge in [0, 0.05) is 0 Å². The molecule has 132 valence electrons. The van der Waals surface area contributed by atoms with Crippen molar-refractivity contribution in [3.63, 3.8) is 0 Å². The van der Waals surface area contributed by atoms with E-state index in [1.165, 1.54) is 17.0 Å². The molecule has 0 radical (unpaired) electrons. The fraction of sp³-hybridized carbons (Fsp3) is 0.105. The van der Waals surface area contributed by atoms with Crippen LogP contribution in [0.15, 0.2) is 53.4 Å². The SMILES string of the molecule is CCOC(=O)c1ccc(N2C(=N)S/C(=C/c3ccc(F)cc3)C2=O)cc1. The van der Waals surface area contributed by atoms with E-state index in [2.05, 4.69) is 0 Å². The van der Waals surface area contributed by atoms with E-state index in [9.17, 15) is 14.0 Å². The van der Waals surface area contributed by atoms with Crippen molar-refractivity contribution in [1.29, 1.82) is 5.41 Å². The predicted molar refractivity (Wildman–Crippen MR) is 99.6 cm³/mol. The molecule has 1 aliphatic heterocycles. The normalized spacial score (nSPS) is 15.6. The highest BCUT2D eigenvalue weighted by atomic mass is 32.2. The van der Waals surface area contributed by atoms with Gasteiger partial charge >= 0.3 is 5.97 Å². The predicted octanol–water partition coefficient (Wildman–Crippen LogP) is 4.06. The monoisotopic (exact) mass is 370 g/mol. The van der Waals surface area contributed by atoms with Gasteiger partial charge in [-0.15, -0.1) is 0 Å². The van der Waals surface area contributed by atoms with Crippen LogP contribution >= 0.6 is 11.8 Å². The minimum atomic E-state index is -0.437. The van der Waals surface area contributed by atoms with Gasteiger partial charge in [-0.1, -0.05) is 12.1 Å². The van der Waals surface area contributed by atoms with Crippen molar-refractivity contribution in [2.24, 2.45) is 0 Å². The molecular weight excluding hydrogens is 355 g/mol. The molecule has 0 unspecified atom stereocenters. The Kier molecular flexibility index (Phi) is 5.18. The molecule has 0 atom stereocenters. The van der Waals surface area contributed by atoms with E-state index in [-0.39, 0.29) is 23.5 Å². The second kappa shape index (κ2) is 7.53. The number of hydrogen-bond donors (Lipinski definition) is 1. The first-order valence-corrected chi connectivity index (χ1v) is 8.66. The highest BCUT2D eigenvalue weighted by Crippen LogP contribution is 2.35. The van der Waals surface area contributed by atoms with Crippen LogP contribution in [0.1, 0.15) is 22.8 Å². The number of amidine groups is 1. The van der Waals surface area contributed by atoms with Gasteiger partial charge in [0.05, 0.1) is 22.8 Å². The summed E-state index contributed by atoms with van der Waals surface area (Å²) < 4.78 is 17.9. The second-order valence-corrected chi connectivity index (χ2v) is 6.41. The molecule has 1 heterocycles. The van der Waals surface area contributed by atoms with Gasteiger partial charge in [-0.25, -0.2) is 9.18 Å². The summed E-state index contributed by atoms with van der Waals surface area (Å²) in [5.74, 6) is -1.13. The van der Waals surface area contributed by atoms with E-state index in [0.717, 1.165) is 11.8 Å². The Morgan fingerprint density at radius 3 is 2.46 bits per heavy atom. The number of nitrogens with one attached hydrogen (secondary N) is 1. The molecule has 3 rings (SSSR count). The molecule has 1 aliphatic rings. The van der Waals surface area contributed by atoms with Gasteiger partial charge in [-0.2, -0.15) is 0 Å². The topological polar surface area (TPSA) is 70.5 Å². The van der Waals surface area contributed by atoms with Gasteiger partial charge in [0.2, 0.25) is 0 Å². The van der Waals surface area contributed by atoms with Gasteiger partial charge < -0.3 is 4.74 Å². The van der Waals surface area contributed by atoms with Gasteiger partial charge in [0.15, 0.2) is 5.17 Å². The smallest absolute Gasteiger partial charge is 0.338 e. The minimum Gasteiger partial charge on any atom is -0.462 e. The molecule has 0 bridgehead atoms. The largest absolute Gasteiger partial charge is 0.462 e. The van der Waals surface area contributed by atoms with Crippen molar-refractivity contribution in [2.75, 3.05) is 11.5 Å². The van der Waals surface area contributed by atoms with Crippen molar-refractivity contribution >= 4 is 40.6 Å². The van der Waals surface area contributed by atoms with Crippen molar-refractivity contribution in [1.82, 2.24) is 0 Å². The zero-order chi connectivity index (χ0) is 18.7. The summed E-state index contributed by atoms with van der Waals surface area (Å²) in [5.41, 5.74) is 1.54. The average molecular weight is 370 g/mol. The molecule has 0 aliphatic carbocycles. The number of halogens is 1. The number of amides is 1. The van der Waals surface area contributed by atoms with Crippen molar-refractivity contribution in [2.45, 2.75) is 6.92 Å². The van der Waals surface area contributed by atoms with Crippen LogP contribution in [-0.4, -0.2) is 23.7 Å². The maximum absolute atomic E-state index is 13.0. The zero-order valence-electron chi connectivity index (χ0n) is 13.9. The lowest BCUT2D eigenvalue weighted by Gasteiger charge is -2.14. The number of carbonyl (C=O) groups excluding carboxylic acids is 2. The first kappa shape index (κ1) is 17.9. The molecule has 1 amide bonds. The number of rotatable bonds is 4. The summed E-state index contributed by atoms with van der Waals surface area (Å²) >= 11 is 1.03. The van der Waals surface area contributed by atoms with Crippen LogP contribution in [0.3, 0.4) is 0 Å². The molecule has 2 aromatic carbocycles. The molecule has 0 spiro atoms. The quantitative estimate of drug-likeness (QED) is 0.651. The van der Waals surface area contributed by atoms with Crippen molar-refractivity contribution in [3.05, 3.63) is 70.4 Å². The first-order chi connectivity index (χ1) is 12.5. The van der Waals surface area contributed by atoms with E-state index in [1.807, 2.05) is 0 Å². The van der Waals surface area contributed by atoms with E-state index in [0.29, 0.717) is 21.7 Å². The third kappa shape index (κ3) is 3.67. The van der Waals surface area contributed by atoms with E-state index in [4.69, 9.17) is 10.1 Å². The second-order valence-electron chi connectivity index (χ2n) is 5.38. The van der Waals surface area contributed by atoms with E-state index >= 15 is 0 Å². The van der Waals surface area contributed by atoms with E-state index < -0.39 is 5.97 Å². The number of carbonyl (C=O) groups is 2. The van der Waals surface area contributed by atoms with Gasteiger partial charge in [-0.05, 0) is 66.7 Å². The Bertz CT molecular complexity index is 892. The summed E-state index contributed by atoms with van der Waals surface area (Å²) in [6.45, 7) is 2.01. The molecule has 1 N–H and O–H groups in total. The summed E-state index contributed by atoms with van der Waals surface area (Å²) in [7, 11) is 0. The Labute approximate surface area is 154 Å². The molecule has 1 fully saturated rings. The van der Waals surface area contributed by atoms with Crippen LogP contribution in [0.4, 0.5) is 10.1 Å². The van der Waals surface area contributed by atoms with Gasteiger partial charge in [0.1, 0.15) is 5.82 Å². The maximum atomic E-state index is 13.0. The van der Waals surface area contributed by atoms with Crippen molar-refractivity contribution in [3.8, 4) is 0 Å². The summed E-state index contributed by atoms with van der Waals surface area (Å²) in [6.07, 6.45) is 1.62. The molecular formula is C19H15FN2O3S. The fourth-order valence-electron chi connectivity index (χ4n) is 2.39. The Hall–Kier alpha value is -2.93. The lowest BCUT2D eigenvalue weighted by atomic mass is 10.2. The van der Waals surface area contributed by atoms with Crippen LogP contribution in [0, 0.1) is 11.2 Å². The molecule has 1 saturated heterocycles. The zero-order valence-corrected chi connectivity index (χ0v) is 14.7. The van der Waals surface area contributed by atoms with Gasteiger partial charge in [-0.3, -0.25) is 15.1 Å². The minimum absolute atomic E-state index is 0.0623. The maximum Gasteiger partial charge on any atom is 0.338 e. The third-order valence-corrected chi connectivity index (χ3v) is 4.52. The average Bonchev–Trinajstić information content (AvgIpc) is 2.91. The van der Waals surface area contributed by atoms with E-state index in [1.54, 1.807) is 49.4 Å². The highest BCUT2D eigenvalue weighted by molar-refractivity contribution is 8.19. The Morgan fingerprint density at radius 1 is 1.19 bits per heavy atom. The number of esters is 1. The number of benzene rings is 2. The Balaban J connectivity index is 1.83. The molecule has 7 heteroatoms. The van der Waals surface area contributed by atoms with Crippen LogP contribution in [0.5, 0.6) is 0 Å². The highest BCUT2D eigenvalue weighted by Gasteiger charge is 2.33. The standard InChI is InChI=1S/C19H15FN2O3S/c1-2-25-18(24)13-5-9-15(10-6-13)22-17(23)16(26-19(22)21)11-12-3-7-14(20)8-4-12/h3-11,21H,2H2,1H3/b16-11+,21-19?. The fourth-order valence-corrected chi connectivity index (χ4v) is 3.25. The van der Waals surface area contributed by atoms with Crippen LogP contribution in [0.2, 0.25) is 0 Å². The lowest BCUT2D eigenvalue weighted by molar-refractivity contribution is -0.113. The molecule has 0 saturated carbocycles. The number of thioether (sulfide) groups is 1. The number of hydrogen-bond acceptors (Lipinski definition) is 5. The summed E-state index contributed by atoms with van der Waals surface area (Å²) in [6, 6.07) is 12.1. The molecule has 2 aromatic rings. The summed E-state index contributed by atoms with van der Waals surface area (Å²) in [5, 5.41) is 8.15. The van der Waals surface area contributed by atoms with Crippen molar-refractivity contribution < 1.29 is 18.7 Å². The van der Waals surface area contributed by atoms with Gasteiger partial charge in [0.25, 0.3) is 5.91 Å². The lowest BCUT2D eigenvalue weighted by Crippen LogP contribution is -2.28. The third-order valence-electron chi connectivity index (χ3n) is 3.63. The van der Waals surface area contributed by atoms with Crippen LogP contribution in [0.25, 0.3) is 6.08 Å². The Morgan fingerprint density at radius 2 is 1.85 bits per heavy atom. The summed E-state index contributed by atoms with van der Waals surface area (Å²) in [4.78, 5) is 26.0. The number of nitrogens with zero attached hydrogens (tertiary/aromatic N) is 1.